The molecule has 0 aliphatic heterocycles. The molecule has 4 nitrogen and oxygen atoms in total. The lowest BCUT2D eigenvalue weighted by atomic mass is 10.1. The van der Waals surface area contributed by atoms with Crippen molar-refractivity contribution < 1.29 is 4.74 Å². The molecule has 1 aromatic rings. The molecule has 0 aliphatic rings. The van der Waals surface area contributed by atoms with Gasteiger partial charge in [-0.05, 0) is 18.8 Å². The predicted molar refractivity (Wildman–Crippen MR) is 73.6 cm³/mol. The van der Waals surface area contributed by atoms with Gasteiger partial charge in [-0.25, -0.2) is 9.97 Å². The molecule has 0 aromatic carbocycles. The SMILES string of the molecule is CC(C)CCCOc1cnc(C(C)C)nc1CN. The normalized spacial score (nSPS) is 11.3. The van der Waals surface area contributed by atoms with Gasteiger partial charge in [-0.15, -0.1) is 0 Å². The average molecular weight is 251 g/mol. The van der Waals surface area contributed by atoms with Crippen molar-refractivity contribution in [2.45, 2.75) is 53.0 Å². The van der Waals surface area contributed by atoms with Gasteiger partial charge in [0.2, 0.25) is 0 Å². The fourth-order valence-electron chi connectivity index (χ4n) is 1.64. The summed E-state index contributed by atoms with van der Waals surface area (Å²) in [4.78, 5) is 8.75. The number of hydrogen-bond donors (Lipinski definition) is 1. The molecular weight excluding hydrogens is 226 g/mol. The zero-order valence-electron chi connectivity index (χ0n) is 11.9. The van der Waals surface area contributed by atoms with E-state index in [2.05, 4.69) is 37.7 Å². The van der Waals surface area contributed by atoms with E-state index in [1.807, 2.05) is 0 Å². The summed E-state index contributed by atoms with van der Waals surface area (Å²) in [6.07, 6.45) is 3.97. The molecule has 1 heterocycles. The Kier molecular flexibility index (Phi) is 6.05. The molecule has 0 saturated carbocycles. The van der Waals surface area contributed by atoms with Gasteiger partial charge in [0.25, 0.3) is 0 Å². The van der Waals surface area contributed by atoms with Crippen molar-refractivity contribution >= 4 is 0 Å². The molecular formula is C14H25N3O. The molecule has 0 saturated heterocycles. The van der Waals surface area contributed by atoms with Crippen LogP contribution in [0.3, 0.4) is 0 Å². The van der Waals surface area contributed by atoms with E-state index >= 15 is 0 Å². The van der Waals surface area contributed by atoms with E-state index in [1.165, 1.54) is 6.42 Å². The van der Waals surface area contributed by atoms with Crippen LogP contribution in [0.1, 0.15) is 58.0 Å². The highest BCUT2D eigenvalue weighted by atomic mass is 16.5. The van der Waals surface area contributed by atoms with E-state index in [4.69, 9.17) is 10.5 Å². The molecule has 0 fully saturated rings. The quantitative estimate of drug-likeness (QED) is 0.757. The van der Waals surface area contributed by atoms with Crippen LogP contribution in [0, 0.1) is 5.92 Å². The van der Waals surface area contributed by atoms with Crippen LogP contribution in [0.5, 0.6) is 5.75 Å². The standard InChI is InChI=1S/C14H25N3O/c1-10(2)6-5-7-18-13-9-16-14(11(3)4)17-12(13)8-15/h9-11H,5-8,15H2,1-4H3. The molecule has 0 atom stereocenters. The smallest absolute Gasteiger partial charge is 0.160 e. The zero-order chi connectivity index (χ0) is 13.5. The van der Waals surface area contributed by atoms with E-state index in [-0.39, 0.29) is 0 Å². The summed E-state index contributed by atoms with van der Waals surface area (Å²) in [5.41, 5.74) is 6.51. The molecule has 0 radical (unpaired) electrons. The van der Waals surface area contributed by atoms with Crippen LogP contribution in [0.15, 0.2) is 6.20 Å². The average Bonchev–Trinajstić information content (AvgIpc) is 2.34. The van der Waals surface area contributed by atoms with Crippen molar-refractivity contribution in [1.82, 2.24) is 9.97 Å². The Morgan fingerprint density at radius 2 is 2.00 bits per heavy atom. The predicted octanol–water partition coefficient (Wildman–Crippen LogP) is 2.87. The van der Waals surface area contributed by atoms with Crippen LogP contribution >= 0.6 is 0 Å². The summed E-state index contributed by atoms with van der Waals surface area (Å²) in [5.74, 6) is 2.57. The van der Waals surface area contributed by atoms with Crippen LogP contribution in [0.2, 0.25) is 0 Å². The lowest BCUT2D eigenvalue weighted by Crippen LogP contribution is -2.10. The molecule has 1 aromatic heterocycles. The van der Waals surface area contributed by atoms with E-state index < -0.39 is 0 Å². The number of ether oxygens (including phenoxy) is 1. The second-order valence-electron chi connectivity index (χ2n) is 5.28. The van der Waals surface area contributed by atoms with Crippen molar-refractivity contribution in [1.29, 1.82) is 0 Å². The summed E-state index contributed by atoms with van der Waals surface area (Å²) in [6.45, 7) is 9.66. The Morgan fingerprint density at radius 1 is 1.28 bits per heavy atom. The summed E-state index contributed by atoms with van der Waals surface area (Å²) in [7, 11) is 0. The van der Waals surface area contributed by atoms with Gasteiger partial charge >= 0.3 is 0 Å². The first-order chi connectivity index (χ1) is 8.54. The zero-order valence-corrected chi connectivity index (χ0v) is 11.9. The van der Waals surface area contributed by atoms with Gasteiger partial charge in [-0.3, -0.25) is 0 Å². The fourth-order valence-corrected chi connectivity index (χ4v) is 1.64. The first-order valence-corrected chi connectivity index (χ1v) is 6.73. The van der Waals surface area contributed by atoms with Gasteiger partial charge in [0.15, 0.2) is 5.75 Å². The topological polar surface area (TPSA) is 61.0 Å². The molecule has 1 rings (SSSR count). The largest absolute Gasteiger partial charge is 0.490 e. The van der Waals surface area contributed by atoms with Gasteiger partial charge in [0, 0.05) is 12.5 Å². The van der Waals surface area contributed by atoms with E-state index in [0.717, 1.165) is 23.7 Å². The number of rotatable bonds is 7. The molecule has 0 unspecified atom stereocenters. The minimum atomic E-state index is 0.310. The van der Waals surface area contributed by atoms with Crippen molar-refractivity contribution in [2.75, 3.05) is 6.61 Å². The van der Waals surface area contributed by atoms with Gasteiger partial charge < -0.3 is 10.5 Å². The van der Waals surface area contributed by atoms with Crippen LogP contribution in [0.25, 0.3) is 0 Å². The molecule has 0 bridgehead atoms. The first kappa shape index (κ1) is 14.9. The van der Waals surface area contributed by atoms with Gasteiger partial charge in [-0.1, -0.05) is 27.7 Å². The van der Waals surface area contributed by atoms with Crippen molar-refractivity contribution in [3.05, 3.63) is 17.7 Å². The molecule has 0 amide bonds. The Bertz CT molecular complexity index is 364. The van der Waals surface area contributed by atoms with Gasteiger partial charge in [0.05, 0.1) is 18.5 Å². The summed E-state index contributed by atoms with van der Waals surface area (Å²) < 4.78 is 5.71. The molecule has 0 aliphatic carbocycles. The number of nitrogens with two attached hydrogens (primary N) is 1. The first-order valence-electron chi connectivity index (χ1n) is 6.73. The van der Waals surface area contributed by atoms with E-state index in [0.29, 0.717) is 25.0 Å². The van der Waals surface area contributed by atoms with Gasteiger partial charge in [-0.2, -0.15) is 0 Å². The summed E-state index contributed by atoms with van der Waals surface area (Å²) in [5, 5.41) is 0. The Hall–Kier alpha value is -1.16. The third kappa shape index (κ3) is 4.61. The minimum absolute atomic E-state index is 0.310. The van der Waals surface area contributed by atoms with E-state index in [1.54, 1.807) is 6.20 Å². The Morgan fingerprint density at radius 3 is 2.56 bits per heavy atom. The Balaban J connectivity index is 2.59. The Labute approximate surface area is 110 Å². The highest BCUT2D eigenvalue weighted by molar-refractivity contribution is 5.25. The highest BCUT2D eigenvalue weighted by Gasteiger charge is 2.09. The highest BCUT2D eigenvalue weighted by Crippen LogP contribution is 2.18. The van der Waals surface area contributed by atoms with Crippen LogP contribution < -0.4 is 10.5 Å². The van der Waals surface area contributed by atoms with Gasteiger partial charge in [0.1, 0.15) is 5.82 Å². The number of nitrogens with zero attached hydrogens (tertiary/aromatic N) is 2. The van der Waals surface area contributed by atoms with Crippen LogP contribution in [0.4, 0.5) is 0 Å². The second-order valence-corrected chi connectivity index (χ2v) is 5.28. The van der Waals surface area contributed by atoms with E-state index in [9.17, 15) is 0 Å². The maximum absolute atomic E-state index is 5.71. The molecule has 18 heavy (non-hydrogen) atoms. The lowest BCUT2D eigenvalue weighted by molar-refractivity contribution is 0.292. The summed E-state index contributed by atoms with van der Waals surface area (Å²) >= 11 is 0. The van der Waals surface area contributed by atoms with Crippen LogP contribution in [-0.4, -0.2) is 16.6 Å². The fraction of sp³-hybridized carbons (Fsp3) is 0.714. The summed E-state index contributed by atoms with van der Waals surface area (Å²) in [6, 6.07) is 0. The second kappa shape index (κ2) is 7.31. The maximum atomic E-state index is 5.71. The third-order valence-corrected chi connectivity index (χ3v) is 2.74. The minimum Gasteiger partial charge on any atom is -0.490 e. The maximum Gasteiger partial charge on any atom is 0.160 e. The molecule has 0 spiro atoms. The third-order valence-electron chi connectivity index (χ3n) is 2.74. The van der Waals surface area contributed by atoms with Crippen molar-refractivity contribution in [3.63, 3.8) is 0 Å². The molecule has 4 heteroatoms. The number of hydrogen-bond acceptors (Lipinski definition) is 4. The van der Waals surface area contributed by atoms with Crippen molar-refractivity contribution in [2.24, 2.45) is 11.7 Å². The monoisotopic (exact) mass is 251 g/mol. The number of aromatic nitrogens is 2. The lowest BCUT2D eigenvalue weighted by Gasteiger charge is -2.12. The van der Waals surface area contributed by atoms with Crippen molar-refractivity contribution in [3.8, 4) is 5.75 Å². The van der Waals surface area contributed by atoms with Crippen LogP contribution in [-0.2, 0) is 6.54 Å². The molecule has 102 valence electrons. The molecule has 2 N–H and O–H groups in total.